The molecule has 0 N–H and O–H groups in total. The van der Waals surface area contributed by atoms with Gasteiger partial charge in [0.1, 0.15) is 11.1 Å². The van der Waals surface area contributed by atoms with Crippen LogP contribution in [0.2, 0.25) is 0 Å². The van der Waals surface area contributed by atoms with Gasteiger partial charge in [-0.2, -0.15) is 0 Å². The number of carbonyl (C=O) groups excluding carboxylic acids is 2. The summed E-state index contributed by atoms with van der Waals surface area (Å²) in [4.78, 5) is 27.9. The first-order valence-corrected chi connectivity index (χ1v) is 4.56. The minimum absolute atomic E-state index is 1.01. The van der Waals surface area contributed by atoms with Crippen LogP contribution in [0.5, 0.6) is 0 Å². The maximum Gasteiger partial charge on any atom is 0.325 e. The number of esters is 2. The normalized spacial score (nSPS) is 10.8. The van der Waals surface area contributed by atoms with E-state index >= 15 is 0 Å². The van der Waals surface area contributed by atoms with Crippen molar-refractivity contribution in [2.45, 2.75) is 38.8 Å². The molecule has 0 spiro atoms. The van der Waals surface area contributed by atoms with Crippen molar-refractivity contribution in [3.63, 3.8) is 0 Å². The number of hydrogen-bond acceptors (Lipinski definition) is 5. The summed E-state index contributed by atoms with van der Waals surface area (Å²) in [5.41, 5.74) is 13.4. The Balaban J connectivity index is 4.89. The number of ether oxygens (including phenoxy) is 1. The van der Waals surface area contributed by atoms with Gasteiger partial charge in [-0.05, 0) is 38.8 Å². The Labute approximate surface area is 97.0 Å². The van der Waals surface area contributed by atoms with Gasteiger partial charge >= 0.3 is 11.9 Å². The van der Waals surface area contributed by atoms with Crippen molar-refractivity contribution in [3.8, 4) is 0 Å². The van der Waals surface area contributed by atoms with Crippen molar-refractivity contribution in [1.82, 2.24) is 0 Å². The molecule has 0 aliphatic rings. The molecule has 17 heavy (non-hydrogen) atoms. The van der Waals surface area contributed by atoms with Crippen molar-refractivity contribution < 1.29 is 14.3 Å². The van der Waals surface area contributed by atoms with Gasteiger partial charge < -0.3 is 4.74 Å². The molecule has 9 heteroatoms. The van der Waals surface area contributed by atoms with E-state index in [1.54, 1.807) is 0 Å². The highest BCUT2D eigenvalue weighted by molar-refractivity contribution is 5.94. The van der Waals surface area contributed by atoms with Crippen LogP contribution in [0, 0.1) is 0 Å². The monoisotopic (exact) mass is 240 g/mol. The Morgan fingerprint density at radius 2 is 1.24 bits per heavy atom. The molecule has 92 valence electrons. The van der Waals surface area contributed by atoms with E-state index in [0.717, 1.165) is 0 Å². The topological polar surface area (TPSA) is 141 Å². The summed E-state index contributed by atoms with van der Waals surface area (Å²) in [6.45, 7) is 5.18. The van der Waals surface area contributed by atoms with Crippen LogP contribution in [-0.4, -0.2) is 23.0 Å². The Morgan fingerprint density at radius 3 is 1.47 bits per heavy atom. The highest BCUT2D eigenvalue weighted by Gasteiger charge is 2.35. The lowest BCUT2D eigenvalue weighted by molar-refractivity contribution is -0.165. The molecule has 0 aliphatic carbocycles. The summed E-state index contributed by atoms with van der Waals surface area (Å²) < 4.78 is 4.48. The molecule has 0 saturated carbocycles. The van der Waals surface area contributed by atoms with E-state index in [0.29, 0.717) is 0 Å². The molecule has 0 bridgehead atoms. The third-order valence-corrected chi connectivity index (χ3v) is 1.77. The van der Waals surface area contributed by atoms with Crippen LogP contribution in [0.3, 0.4) is 0 Å². The Hall–Kier alpha value is -2.24. The molecule has 0 saturated heterocycles. The zero-order chi connectivity index (χ0) is 13.7. The summed E-state index contributed by atoms with van der Waals surface area (Å²) in [6.07, 6.45) is 0. The molecule has 0 atom stereocenters. The van der Waals surface area contributed by atoms with E-state index in [1.165, 1.54) is 27.7 Å². The fourth-order valence-corrected chi connectivity index (χ4v) is 0.639. The van der Waals surface area contributed by atoms with E-state index in [1.807, 2.05) is 0 Å². The molecule has 0 heterocycles. The lowest BCUT2D eigenvalue weighted by Gasteiger charge is -2.19. The first kappa shape index (κ1) is 14.8. The first-order valence-electron chi connectivity index (χ1n) is 4.56. The van der Waals surface area contributed by atoms with Gasteiger partial charge in [0.05, 0.1) is 0 Å². The van der Waals surface area contributed by atoms with E-state index in [4.69, 9.17) is 11.1 Å². The smallest absolute Gasteiger partial charge is 0.325 e. The minimum atomic E-state index is -1.50. The fraction of sp³-hybridized carbons (Fsp3) is 0.750. The molecule has 0 aromatic rings. The lowest BCUT2D eigenvalue weighted by atomic mass is 10.1. The van der Waals surface area contributed by atoms with Gasteiger partial charge in [0, 0.05) is 9.82 Å². The molecule has 0 rings (SSSR count). The van der Waals surface area contributed by atoms with Gasteiger partial charge in [0.2, 0.25) is 0 Å². The van der Waals surface area contributed by atoms with Crippen molar-refractivity contribution in [2.24, 2.45) is 10.2 Å². The van der Waals surface area contributed by atoms with Crippen LogP contribution < -0.4 is 0 Å². The van der Waals surface area contributed by atoms with Crippen molar-refractivity contribution in [1.29, 1.82) is 0 Å². The van der Waals surface area contributed by atoms with E-state index < -0.39 is 23.0 Å². The quantitative estimate of drug-likeness (QED) is 0.244. The maximum absolute atomic E-state index is 11.5. The Kier molecular flexibility index (Phi) is 4.51. The van der Waals surface area contributed by atoms with Crippen LogP contribution >= 0.6 is 0 Å². The summed E-state index contributed by atoms with van der Waals surface area (Å²) in [7, 11) is 0. The van der Waals surface area contributed by atoms with Crippen LogP contribution in [0.4, 0.5) is 0 Å². The van der Waals surface area contributed by atoms with Gasteiger partial charge in [0.25, 0.3) is 0 Å². The molecule has 0 amide bonds. The summed E-state index contributed by atoms with van der Waals surface area (Å²) in [6, 6.07) is 0. The Bertz CT molecular complexity index is 389. The molecular weight excluding hydrogens is 228 g/mol. The number of azide groups is 2. The third kappa shape index (κ3) is 4.02. The van der Waals surface area contributed by atoms with Crippen LogP contribution in [0.25, 0.3) is 20.9 Å². The summed E-state index contributed by atoms with van der Waals surface area (Å²) in [5.74, 6) is -2.02. The predicted octanol–water partition coefficient (Wildman–Crippen LogP) is 2.23. The molecule has 0 aliphatic heterocycles. The zero-order valence-electron chi connectivity index (χ0n) is 9.91. The van der Waals surface area contributed by atoms with Gasteiger partial charge in [-0.1, -0.05) is 10.2 Å². The van der Waals surface area contributed by atoms with Crippen LogP contribution in [-0.2, 0) is 14.3 Å². The number of hydrogen-bond donors (Lipinski definition) is 0. The average molecular weight is 240 g/mol. The van der Waals surface area contributed by atoms with E-state index in [2.05, 4.69) is 24.8 Å². The SMILES string of the molecule is CC(C)(N=[N+]=[N-])C(=O)OC(=O)C(C)(C)N=[N+]=[N-]. The van der Waals surface area contributed by atoms with Crippen LogP contribution in [0.1, 0.15) is 27.7 Å². The predicted molar refractivity (Wildman–Crippen MR) is 57.5 cm³/mol. The molecule has 0 radical (unpaired) electrons. The number of nitrogens with zero attached hydrogens (tertiary/aromatic N) is 6. The maximum atomic E-state index is 11.5. The van der Waals surface area contributed by atoms with Crippen LogP contribution in [0.15, 0.2) is 10.2 Å². The van der Waals surface area contributed by atoms with Gasteiger partial charge in [-0.3, -0.25) is 9.59 Å². The summed E-state index contributed by atoms with van der Waals surface area (Å²) >= 11 is 0. The lowest BCUT2D eigenvalue weighted by Crippen LogP contribution is -2.39. The molecule has 9 nitrogen and oxygen atoms in total. The Morgan fingerprint density at radius 1 is 0.941 bits per heavy atom. The molecule has 0 aromatic carbocycles. The minimum Gasteiger partial charge on any atom is -0.392 e. The molecule has 0 unspecified atom stereocenters. The number of rotatable bonds is 4. The highest BCUT2D eigenvalue weighted by atomic mass is 16.6. The number of carbonyl (C=O) groups is 2. The average Bonchev–Trinajstić information content (AvgIpc) is 2.17. The standard InChI is InChI=1S/C8H12N6O3/c1-7(2,11-13-9)5(15)17-6(16)8(3,4)12-14-10/h1-4H3. The highest BCUT2D eigenvalue weighted by Crippen LogP contribution is 2.16. The van der Waals surface area contributed by atoms with Gasteiger partial charge in [-0.25, -0.2) is 0 Å². The van der Waals surface area contributed by atoms with Gasteiger partial charge in [-0.15, -0.1) is 0 Å². The van der Waals surface area contributed by atoms with Crippen molar-refractivity contribution in [3.05, 3.63) is 20.9 Å². The second-order valence-corrected chi connectivity index (χ2v) is 4.17. The molecular formula is C8H12N6O3. The third-order valence-electron chi connectivity index (χ3n) is 1.77. The zero-order valence-corrected chi connectivity index (χ0v) is 9.91. The van der Waals surface area contributed by atoms with E-state index in [-0.39, 0.29) is 0 Å². The second kappa shape index (κ2) is 5.20. The molecule has 0 fully saturated rings. The molecule has 0 aromatic heterocycles. The first-order chi connectivity index (χ1) is 7.67. The van der Waals surface area contributed by atoms with Crippen molar-refractivity contribution in [2.75, 3.05) is 0 Å². The van der Waals surface area contributed by atoms with Crippen molar-refractivity contribution >= 4 is 11.9 Å². The van der Waals surface area contributed by atoms with E-state index in [9.17, 15) is 9.59 Å². The van der Waals surface area contributed by atoms with Gasteiger partial charge in [0.15, 0.2) is 0 Å². The fourth-order valence-electron chi connectivity index (χ4n) is 0.639. The second-order valence-electron chi connectivity index (χ2n) is 4.17. The largest absolute Gasteiger partial charge is 0.392 e. The summed E-state index contributed by atoms with van der Waals surface area (Å²) in [5, 5.41) is 6.38.